The predicted octanol–water partition coefficient (Wildman–Crippen LogP) is 0.932. The van der Waals surface area contributed by atoms with Gasteiger partial charge in [0, 0.05) is 22.8 Å². The molecular weight excluding hydrogens is 498 g/mol. The molecule has 1 rings (SSSR count). The Kier molecular flexibility index (Phi) is 15.2. The first-order valence-corrected chi connectivity index (χ1v) is 15.0. The van der Waals surface area contributed by atoms with E-state index in [9.17, 15) is 33.1 Å². The van der Waals surface area contributed by atoms with Gasteiger partial charge in [0.05, 0.1) is 6.61 Å². The number of nitrogens with zero attached hydrogens (tertiary/aromatic N) is 1. The molecule has 1 saturated heterocycles. The van der Waals surface area contributed by atoms with E-state index in [2.05, 4.69) is 9.44 Å². The highest BCUT2D eigenvalue weighted by molar-refractivity contribution is 8.14. The fourth-order valence-corrected chi connectivity index (χ4v) is 5.28. The second-order valence-electron chi connectivity index (χ2n) is 8.01. The van der Waals surface area contributed by atoms with Crippen LogP contribution in [0.15, 0.2) is 5.16 Å². The van der Waals surface area contributed by atoms with Gasteiger partial charge in [-0.05, 0) is 19.3 Å². The highest BCUT2D eigenvalue weighted by Crippen LogP contribution is 2.31. The third-order valence-electron chi connectivity index (χ3n) is 5.16. The summed E-state index contributed by atoms with van der Waals surface area (Å²) in [6.07, 6.45) is 5.22. The van der Waals surface area contributed by atoms with Gasteiger partial charge in [0.15, 0.2) is 0 Å². The van der Waals surface area contributed by atoms with Crippen LogP contribution in [0.1, 0.15) is 64.2 Å². The summed E-state index contributed by atoms with van der Waals surface area (Å²) >= 11 is 0.794. The van der Waals surface area contributed by atoms with Crippen LogP contribution in [0.3, 0.4) is 0 Å². The maximum absolute atomic E-state index is 11.0. The Morgan fingerprint density at radius 2 is 1.52 bits per heavy atom. The van der Waals surface area contributed by atoms with Crippen LogP contribution in [0, 0.1) is 0 Å². The Balaban J connectivity index is 2.43. The number of ether oxygens (including phenoxy) is 1. The molecule has 11 nitrogen and oxygen atoms in total. The SMILES string of the molecule is C[S@@](=O)CCCCCCCCCCC/C(=N/OS(=O)(=O)O)S[C@H]1O[C@@H](CO)[C@H](O)[C@H](O)[C@H]1O. The van der Waals surface area contributed by atoms with Gasteiger partial charge in [-0.15, -0.1) is 0 Å². The average Bonchev–Trinajstić information content (AvgIpc) is 2.74. The maximum atomic E-state index is 11.0. The summed E-state index contributed by atoms with van der Waals surface area (Å²) in [5.74, 6) is 0.756. The summed E-state index contributed by atoms with van der Waals surface area (Å²) in [4.78, 5) is 0. The molecule has 6 atom stereocenters. The van der Waals surface area contributed by atoms with Crippen LogP contribution in [0.5, 0.6) is 0 Å². The third-order valence-corrected chi connectivity index (χ3v) is 7.46. The molecule has 0 aromatic heterocycles. The number of rotatable bonds is 16. The van der Waals surface area contributed by atoms with E-state index in [1.807, 2.05) is 0 Å². The molecule has 0 amide bonds. The summed E-state index contributed by atoms with van der Waals surface area (Å²) in [5.41, 5.74) is -1.13. The fraction of sp³-hybridized carbons (Fsp3) is 0.947. The fourth-order valence-electron chi connectivity index (χ4n) is 3.33. The van der Waals surface area contributed by atoms with Crippen molar-refractivity contribution >= 4 is 38.0 Å². The number of aliphatic hydroxyl groups is 4. The van der Waals surface area contributed by atoms with Crippen LogP contribution in [0.25, 0.3) is 0 Å². The largest absolute Gasteiger partial charge is 0.466 e. The number of thioether (sulfide) groups is 1. The molecule has 1 fully saturated rings. The first kappa shape index (κ1) is 30.7. The number of aliphatic hydroxyl groups excluding tert-OH is 4. The molecule has 0 spiro atoms. The topological polar surface area (TPSA) is 183 Å². The molecule has 33 heavy (non-hydrogen) atoms. The molecule has 0 saturated carbocycles. The molecule has 1 aliphatic rings. The van der Waals surface area contributed by atoms with Crippen molar-refractivity contribution in [1.82, 2.24) is 0 Å². The molecule has 1 heterocycles. The van der Waals surface area contributed by atoms with Crippen LogP contribution < -0.4 is 0 Å². The quantitative estimate of drug-likeness (QED) is 0.0623. The predicted molar refractivity (Wildman–Crippen MR) is 127 cm³/mol. The summed E-state index contributed by atoms with van der Waals surface area (Å²) in [6.45, 7) is -0.589. The molecular formula is C19H37NO10S3. The lowest BCUT2D eigenvalue weighted by atomic mass is 10.0. The normalized spacial score (nSPS) is 27.5. The van der Waals surface area contributed by atoms with E-state index in [0.717, 1.165) is 68.9 Å². The summed E-state index contributed by atoms with van der Waals surface area (Å²) in [6, 6.07) is 0. The van der Waals surface area contributed by atoms with Crippen molar-refractivity contribution in [3.63, 3.8) is 0 Å². The number of unbranched alkanes of at least 4 members (excludes halogenated alkanes) is 8. The molecule has 0 radical (unpaired) electrons. The molecule has 0 aliphatic carbocycles. The van der Waals surface area contributed by atoms with E-state index < -0.39 is 57.7 Å². The van der Waals surface area contributed by atoms with Crippen LogP contribution in [-0.2, 0) is 30.2 Å². The Bertz CT molecular complexity index is 704. The molecule has 196 valence electrons. The molecule has 0 aromatic carbocycles. The molecule has 0 bridgehead atoms. The van der Waals surface area contributed by atoms with Crippen LogP contribution >= 0.6 is 11.8 Å². The van der Waals surface area contributed by atoms with Crippen molar-refractivity contribution in [1.29, 1.82) is 0 Å². The van der Waals surface area contributed by atoms with Gasteiger partial charge in [0.2, 0.25) is 0 Å². The van der Waals surface area contributed by atoms with E-state index in [1.54, 1.807) is 6.26 Å². The van der Waals surface area contributed by atoms with Crippen molar-refractivity contribution in [3.8, 4) is 0 Å². The highest BCUT2D eigenvalue weighted by atomic mass is 32.3. The number of hydrogen-bond donors (Lipinski definition) is 5. The maximum Gasteiger partial charge on any atom is 0.466 e. The van der Waals surface area contributed by atoms with Gasteiger partial charge in [0.1, 0.15) is 34.9 Å². The van der Waals surface area contributed by atoms with Crippen molar-refractivity contribution in [3.05, 3.63) is 0 Å². The minimum atomic E-state index is -4.82. The van der Waals surface area contributed by atoms with E-state index in [-0.39, 0.29) is 11.5 Å². The van der Waals surface area contributed by atoms with E-state index in [1.165, 1.54) is 0 Å². The monoisotopic (exact) mass is 535 g/mol. The van der Waals surface area contributed by atoms with Crippen molar-refractivity contribution in [2.75, 3.05) is 18.6 Å². The minimum absolute atomic E-state index is 0.116. The second-order valence-corrected chi connectivity index (χ2v) is 11.7. The smallest absolute Gasteiger partial charge is 0.394 e. The van der Waals surface area contributed by atoms with Crippen LogP contribution in [0.2, 0.25) is 0 Å². The van der Waals surface area contributed by atoms with Gasteiger partial charge in [-0.1, -0.05) is 61.9 Å². The molecule has 0 aromatic rings. The van der Waals surface area contributed by atoms with Gasteiger partial charge in [-0.3, -0.25) is 8.76 Å². The van der Waals surface area contributed by atoms with Gasteiger partial charge < -0.3 is 25.2 Å². The molecule has 5 N–H and O–H groups in total. The van der Waals surface area contributed by atoms with Gasteiger partial charge in [0.25, 0.3) is 0 Å². The van der Waals surface area contributed by atoms with Gasteiger partial charge in [-0.25, -0.2) is 4.28 Å². The minimum Gasteiger partial charge on any atom is -0.394 e. The number of hydrogen-bond acceptors (Lipinski definition) is 11. The summed E-state index contributed by atoms with van der Waals surface area (Å²) < 4.78 is 51.0. The lowest BCUT2D eigenvalue weighted by Crippen LogP contribution is -2.57. The lowest BCUT2D eigenvalue weighted by molar-refractivity contribution is -0.205. The Labute approximate surface area is 202 Å². The highest BCUT2D eigenvalue weighted by Gasteiger charge is 2.44. The Morgan fingerprint density at radius 1 is 0.970 bits per heavy atom. The standard InChI is InChI=1S/C19H37NO10S3/c1-32(25)12-10-8-6-4-2-3-5-7-9-11-15(20-30-33(26,27)28)31-19-18(24)17(23)16(22)14(13-21)29-19/h14,16-19,21-24H,2-13H2,1H3,(H,26,27,28)/b20-15-/t14-,16-,17-,18+,19+,32+/m0/s1. The van der Waals surface area contributed by atoms with Gasteiger partial charge >= 0.3 is 10.4 Å². The van der Waals surface area contributed by atoms with E-state index in [4.69, 9.17) is 9.29 Å². The van der Waals surface area contributed by atoms with Crippen molar-refractivity contribution in [2.45, 2.75) is 94.1 Å². The summed E-state index contributed by atoms with van der Waals surface area (Å²) in [5, 5.41) is 42.8. The zero-order valence-electron chi connectivity index (χ0n) is 18.8. The first-order valence-electron chi connectivity index (χ1n) is 11.0. The third kappa shape index (κ3) is 13.4. The zero-order chi connectivity index (χ0) is 24.9. The van der Waals surface area contributed by atoms with Crippen LogP contribution in [0.4, 0.5) is 0 Å². The first-order chi connectivity index (χ1) is 15.5. The Morgan fingerprint density at radius 3 is 2.03 bits per heavy atom. The Hall–Kier alpha value is -0.320. The zero-order valence-corrected chi connectivity index (χ0v) is 21.3. The van der Waals surface area contributed by atoms with E-state index >= 15 is 0 Å². The van der Waals surface area contributed by atoms with Crippen molar-refractivity contribution in [2.24, 2.45) is 5.16 Å². The number of oxime groups is 1. The van der Waals surface area contributed by atoms with Crippen LogP contribution in [-0.4, -0.2) is 91.1 Å². The average molecular weight is 536 g/mol. The van der Waals surface area contributed by atoms with Gasteiger partial charge in [-0.2, -0.15) is 8.42 Å². The second kappa shape index (κ2) is 16.4. The molecule has 1 aliphatic heterocycles. The molecule has 0 unspecified atom stereocenters. The summed E-state index contributed by atoms with van der Waals surface area (Å²) in [7, 11) is -5.54. The van der Waals surface area contributed by atoms with Crippen molar-refractivity contribution < 1.29 is 46.6 Å². The lowest BCUT2D eigenvalue weighted by Gasteiger charge is -2.39. The molecule has 14 heteroatoms. The van der Waals surface area contributed by atoms with E-state index in [0.29, 0.717) is 6.42 Å².